The summed E-state index contributed by atoms with van der Waals surface area (Å²) in [5.41, 5.74) is 1.56. The van der Waals surface area contributed by atoms with E-state index in [4.69, 9.17) is 4.74 Å². The summed E-state index contributed by atoms with van der Waals surface area (Å²) in [6, 6.07) is 17.7. The van der Waals surface area contributed by atoms with Gasteiger partial charge in [0, 0.05) is 13.6 Å². The van der Waals surface area contributed by atoms with E-state index in [0.29, 0.717) is 5.56 Å². The minimum atomic E-state index is -0.675. The molecule has 0 spiro atoms. The van der Waals surface area contributed by atoms with Crippen LogP contribution >= 0.6 is 0 Å². The lowest BCUT2D eigenvalue weighted by atomic mass is 10.00. The van der Waals surface area contributed by atoms with Crippen LogP contribution in [0.2, 0.25) is 0 Å². The minimum Gasteiger partial charge on any atom is -0.494 e. The number of carbonyl (C=O) groups is 2. The molecule has 168 valence electrons. The van der Waals surface area contributed by atoms with E-state index in [1.165, 1.54) is 24.1 Å². The second-order valence-corrected chi connectivity index (χ2v) is 8.27. The molecule has 0 heterocycles. The first-order chi connectivity index (χ1) is 15.3. The number of nitrogens with zero attached hydrogens (tertiary/aromatic N) is 1. The van der Waals surface area contributed by atoms with Gasteiger partial charge in [-0.25, -0.2) is 4.39 Å². The van der Waals surface area contributed by atoms with Crippen molar-refractivity contribution in [1.82, 2.24) is 10.2 Å². The Morgan fingerprint density at radius 1 is 1.06 bits per heavy atom. The second kappa shape index (κ2) is 10.3. The van der Waals surface area contributed by atoms with Crippen LogP contribution in [0.1, 0.15) is 25.0 Å². The Morgan fingerprint density at radius 3 is 2.47 bits per heavy atom. The van der Waals surface area contributed by atoms with Crippen LogP contribution < -0.4 is 10.1 Å². The lowest BCUT2D eigenvalue weighted by Gasteiger charge is -2.27. The molecule has 0 fully saturated rings. The predicted molar refractivity (Wildman–Crippen MR) is 124 cm³/mol. The van der Waals surface area contributed by atoms with E-state index in [0.717, 1.165) is 16.3 Å². The summed E-state index contributed by atoms with van der Waals surface area (Å²) >= 11 is 0. The van der Waals surface area contributed by atoms with Crippen LogP contribution in [-0.2, 0) is 22.6 Å². The van der Waals surface area contributed by atoms with Crippen molar-refractivity contribution in [3.05, 3.63) is 77.6 Å². The summed E-state index contributed by atoms with van der Waals surface area (Å²) in [4.78, 5) is 27.4. The quantitative estimate of drug-likeness (QED) is 0.572. The van der Waals surface area contributed by atoms with E-state index in [2.05, 4.69) is 5.32 Å². The average Bonchev–Trinajstić information content (AvgIpc) is 2.77. The minimum absolute atomic E-state index is 0.103. The highest BCUT2D eigenvalue weighted by atomic mass is 19.1. The molecule has 0 saturated heterocycles. The molecule has 0 saturated carbocycles. The zero-order valence-electron chi connectivity index (χ0n) is 18.9. The van der Waals surface area contributed by atoms with Gasteiger partial charge in [0.1, 0.15) is 6.04 Å². The zero-order valence-corrected chi connectivity index (χ0v) is 18.9. The van der Waals surface area contributed by atoms with Gasteiger partial charge in [-0.05, 0) is 39.9 Å². The first-order valence-corrected chi connectivity index (χ1v) is 10.6. The number of hydrogen-bond acceptors (Lipinski definition) is 3. The molecule has 0 aromatic heterocycles. The van der Waals surface area contributed by atoms with Crippen LogP contribution in [0.4, 0.5) is 4.39 Å². The Bertz CT molecular complexity index is 1110. The van der Waals surface area contributed by atoms with E-state index in [-0.39, 0.29) is 36.4 Å². The molecule has 1 atom stereocenters. The number of hydrogen-bond donors (Lipinski definition) is 1. The molecule has 2 amide bonds. The molecular weight excluding hydrogens is 407 g/mol. The van der Waals surface area contributed by atoms with E-state index in [1.54, 1.807) is 13.1 Å². The molecule has 0 unspecified atom stereocenters. The van der Waals surface area contributed by atoms with E-state index >= 15 is 0 Å². The maximum Gasteiger partial charge on any atom is 0.245 e. The fourth-order valence-corrected chi connectivity index (χ4v) is 3.76. The van der Waals surface area contributed by atoms with Gasteiger partial charge in [-0.3, -0.25) is 9.59 Å². The number of likely N-dealkylation sites (N-methyl/N-ethyl adjacent to an activating group) is 1. The molecule has 3 aromatic rings. The van der Waals surface area contributed by atoms with E-state index < -0.39 is 11.9 Å². The second-order valence-electron chi connectivity index (χ2n) is 8.27. The van der Waals surface area contributed by atoms with Crippen molar-refractivity contribution in [3.8, 4) is 5.75 Å². The van der Waals surface area contributed by atoms with Gasteiger partial charge in [0.15, 0.2) is 11.6 Å². The maximum absolute atomic E-state index is 14.0. The van der Waals surface area contributed by atoms with Crippen molar-refractivity contribution in [1.29, 1.82) is 0 Å². The number of benzene rings is 3. The van der Waals surface area contributed by atoms with E-state index in [1.807, 2.05) is 56.3 Å². The third-order valence-electron chi connectivity index (χ3n) is 5.49. The van der Waals surface area contributed by atoms with Crippen LogP contribution in [0, 0.1) is 11.7 Å². The predicted octanol–water partition coefficient (Wildman–Crippen LogP) is 4.33. The fourth-order valence-electron chi connectivity index (χ4n) is 3.76. The standard InChI is InChI=1S/C26H29FN2O3/c1-17(2)25(26(31)29(3)16-18-12-13-23(32-4)22(27)14-18)28-24(30)15-20-10-7-9-19-8-5-6-11-21(19)20/h5-14,17,25H,15-16H2,1-4H3,(H,28,30)/t25-/m1/s1. The number of halogens is 1. The SMILES string of the molecule is COc1ccc(CN(C)C(=O)[C@H](NC(=O)Cc2cccc3ccccc23)C(C)C)cc1F. The molecule has 0 aliphatic rings. The fraction of sp³-hybridized carbons (Fsp3) is 0.308. The Morgan fingerprint density at radius 2 is 1.78 bits per heavy atom. The van der Waals surface area contributed by atoms with Gasteiger partial charge in [0.05, 0.1) is 13.5 Å². The van der Waals surface area contributed by atoms with Crippen molar-refractivity contribution in [2.75, 3.05) is 14.2 Å². The number of rotatable bonds is 8. The molecule has 0 aliphatic carbocycles. The molecule has 0 aliphatic heterocycles. The van der Waals surface area contributed by atoms with Gasteiger partial charge in [0.25, 0.3) is 0 Å². The summed E-state index contributed by atoms with van der Waals surface area (Å²) in [7, 11) is 3.05. The summed E-state index contributed by atoms with van der Waals surface area (Å²) in [5, 5.41) is 5.00. The molecule has 6 heteroatoms. The zero-order chi connectivity index (χ0) is 23.3. The van der Waals surface area contributed by atoms with Crippen LogP contribution in [-0.4, -0.2) is 36.9 Å². The van der Waals surface area contributed by atoms with Gasteiger partial charge in [0.2, 0.25) is 11.8 Å². The third kappa shape index (κ3) is 5.44. The molecule has 3 rings (SSSR count). The normalized spacial score (nSPS) is 11.9. The number of amides is 2. The molecule has 0 radical (unpaired) electrons. The topological polar surface area (TPSA) is 58.6 Å². The Kier molecular flexibility index (Phi) is 7.46. The lowest BCUT2D eigenvalue weighted by molar-refractivity contribution is -0.136. The van der Waals surface area contributed by atoms with E-state index in [9.17, 15) is 14.0 Å². The molecule has 0 bridgehead atoms. The monoisotopic (exact) mass is 436 g/mol. The summed E-state index contributed by atoms with van der Waals surface area (Å²) in [6.45, 7) is 4.01. The van der Waals surface area contributed by atoms with Crippen LogP contribution in [0.15, 0.2) is 60.7 Å². The van der Waals surface area contributed by atoms with Crippen molar-refractivity contribution in [2.45, 2.75) is 32.9 Å². The van der Waals surface area contributed by atoms with Gasteiger partial charge in [-0.15, -0.1) is 0 Å². The van der Waals surface area contributed by atoms with Gasteiger partial charge >= 0.3 is 0 Å². The summed E-state index contributed by atoms with van der Waals surface area (Å²) in [6.07, 6.45) is 0.186. The number of ether oxygens (including phenoxy) is 1. The average molecular weight is 437 g/mol. The maximum atomic E-state index is 14.0. The van der Waals surface area contributed by atoms with Crippen molar-refractivity contribution >= 4 is 22.6 Å². The molecule has 1 N–H and O–H groups in total. The van der Waals surface area contributed by atoms with Gasteiger partial charge < -0.3 is 15.0 Å². The Labute approximate surface area is 188 Å². The van der Waals surface area contributed by atoms with Crippen molar-refractivity contribution in [2.24, 2.45) is 5.92 Å². The van der Waals surface area contributed by atoms with Crippen LogP contribution in [0.5, 0.6) is 5.75 Å². The summed E-state index contributed by atoms with van der Waals surface area (Å²) < 4.78 is 18.9. The molecule has 5 nitrogen and oxygen atoms in total. The highest BCUT2D eigenvalue weighted by molar-refractivity contribution is 5.92. The molecule has 32 heavy (non-hydrogen) atoms. The van der Waals surface area contributed by atoms with Gasteiger partial charge in [-0.2, -0.15) is 0 Å². The molecule has 3 aromatic carbocycles. The smallest absolute Gasteiger partial charge is 0.245 e. The lowest BCUT2D eigenvalue weighted by Crippen LogP contribution is -2.50. The van der Waals surface area contributed by atoms with Crippen molar-refractivity contribution in [3.63, 3.8) is 0 Å². The molecular formula is C26H29FN2O3. The Hall–Kier alpha value is -3.41. The summed E-state index contributed by atoms with van der Waals surface area (Å²) in [5.74, 6) is -0.855. The van der Waals surface area contributed by atoms with Crippen LogP contribution in [0.25, 0.3) is 10.8 Å². The van der Waals surface area contributed by atoms with Crippen molar-refractivity contribution < 1.29 is 18.7 Å². The Balaban J connectivity index is 1.69. The number of methoxy groups -OCH3 is 1. The van der Waals surface area contributed by atoms with Gasteiger partial charge in [-0.1, -0.05) is 62.4 Å². The van der Waals surface area contributed by atoms with Crippen LogP contribution in [0.3, 0.4) is 0 Å². The number of carbonyl (C=O) groups excluding carboxylic acids is 2. The number of fused-ring (bicyclic) bond motifs is 1. The highest BCUT2D eigenvalue weighted by Gasteiger charge is 2.27. The highest BCUT2D eigenvalue weighted by Crippen LogP contribution is 2.20. The number of nitrogens with one attached hydrogen (secondary N) is 1. The first kappa shape index (κ1) is 23.3. The first-order valence-electron chi connectivity index (χ1n) is 10.6. The largest absolute Gasteiger partial charge is 0.494 e. The third-order valence-corrected chi connectivity index (χ3v) is 5.49.